The molecule has 0 unspecified atom stereocenters. The summed E-state index contributed by atoms with van der Waals surface area (Å²) >= 11 is 0. The number of nitrogens with zero attached hydrogens (tertiary/aromatic N) is 4. The molecule has 1 rings (SSSR count). The van der Waals surface area contributed by atoms with E-state index in [4.69, 9.17) is 5.53 Å². The first-order valence-electron chi connectivity index (χ1n) is 5.99. The monoisotopic (exact) mass is 210 g/mol. The molecule has 1 heterocycles. The molecule has 1 aliphatic heterocycles. The molecule has 4 heteroatoms. The van der Waals surface area contributed by atoms with E-state index < -0.39 is 0 Å². The lowest BCUT2D eigenvalue weighted by atomic mass is 9.74. The molecule has 0 bridgehead atoms. The molecule has 0 spiro atoms. The minimum absolute atomic E-state index is 0.592. The summed E-state index contributed by atoms with van der Waals surface area (Å²) < 4.78 is 0. The van der Waals surface area contributed by atoms with E-state index in [9.17, 15) is 0 Å². The number of azide groups is 1. The van der Waals surface area contributed by atoms with Gasteiger partial charge in [0, 0.05) is 18.0 Å². The van der Waals surface area contributed by atoms with Crippen LogP contribution < -0.4 is 0 Å². The summed E-state index contributed by atoms with van der Waals surface area (Å²) in [5.74, 6) is 0. The summed E-state index contributed by atoms with van der Waals surface area (Å²) in [6, 6.07) is 0. The summed E-state index contributed by atoms with van der Waals surface area (Å²) in [7, 11) is 0. The molecule has 1 aliphatic rings. The lowest BCUT2D eigenvalue weighted by molar-refractivity contribution is 0.0977. The van der Waals surface area contributed by atoms with Crippen LogP contribution in [0.25, 0.3) is 10.4 Å². The maximum atomic E-state index is 8.19. The summed E-state index contributed by atoms with van der Waals surface area (Å²) in [4.78, 5) is 5.19. The molecule has 0 N–H and O–H groups in total. The summed E-state index contributed by atoms with van der Waals surface area (Å²) in [6.45, 7) is 8.48. The standard InChI is InChI=1S/C11H22N4/c1-3-11(4-2)5-8-15(9-6-11)10-7-13-14-12/h3-10H2,1-2H3. The fraction of sp³-hybridized carbons (Fsp3) is 1.00. The van der Waals surface area contributed by atoms with E-state index in [1.54, 1.807) is 0 Å². The van der Waals surface area contributed by atoms with Crippen LogP contribution >= 0.6 is 0 Å². The number of likely N-dealkylation sites (tertiary alicyclic amines) is 1. The third-order valence-electron chi connectivity index (χ3n) is 4.00. The zero-order chi connectivity index (χ0) is 11.1. The Morgan fingerprint density at radius 2 is 1.87 bits per heavy atom. The van der Waals surface area contributed by atoms with E-state index in [1.807, 2.05) is 0 Å². The van der Waals surface area contributed by atoms with Gasteiger partial charge in [-0.25, -0.2) is 0 Å². The van der Waals surface area contributed by atoms with Crippen LogP contribution in [0.15, 0.2) is 5.11 Å². The summed E-state index contributed by atoms with van der Waals surface area (Å²) in [5.41, 5.74) is 8.79. The lowest BCUT2D eigenvalue weighted by Crippen LogP contribution is -2.40. The average Bonchev–Trinajstić information content (AvgIpc) is 2.31. The number of piperidine rings is 1. The molecule has 0 amide bonds. The molecule has 0 radical (unpaired) electrons. The summed E-state index contributed by atoms with van der Waals surface area (Å²) in [6.07, 6.45) is 5.20. The summed E-state index contributed by atoms with van der Waals surface area (Å²) in [5, 5.41) is 3.58. The molecule has 0 aromatic rings. The van der Waals surface area contributed by atoms with Crippen LogP contribution in [-0.2, 0) is 0 Å². The lowest BCUT2D eigenvalue weighted by Gasteiger charge is -2.40. The molecular formula is C11H22N4. The first-order chi connectivity index (χ1) is 7.26. The van der Waals surface area contributed by atoms with Crippen molar-refractivity contribution >= 4 is 0 Å². The van der Waals surface area contributed by atoms with Gasteiger partial charge >= 0.3 is 0 Å². The van der Waals surface area contributed by atoms with Crippen molar-refractivity contribution in [2.75, 3.05) is 26.2 Å². The largest absolute Gasteiger partial charge is 0.303 e. The Hall–Kier alpha value is -0.730. The molecule has 4 nitrogen and oxygen atoms in total. The van der Waals surface area contributed by atoms with E-state index in [0.717, 1.165) is 6.54 Å². The van der Waals surface area contributed by atoms with Gasteiger partial charge in [0.1, 0.15) is 0 Å². The van der Waals surface area contributed by atoms with Crippen molar-refractivity contribution in [2.24, 2.45) is 10.5 Å². The maximum Gasteiger partial charge on any atom is 0.0385 e. The zero-order valence-electron chi connectivity index (χ0n) is 9.95. The van der Waals surface area contributed by atoms with Crippen molar-refractivity contribution in [3.8, 4) is 0 Å². The highest BCUT2D eigenvalue weighted by molar-refractivity contribution is 4.84. The number of hydrogen-bond acceptors (Lipinski definition) is 2. The van der Waals surface area contributed by atoms with Crippen molar-refractivity contribution in [1.82, 2.24) is 4.90 Å². The molecule has 86 valence electrons. The van der Waals surface area contributed by atoms with Crippen LogP contribution in [0.5, 0.6) is 0 Å². The van der Waals surface area contributed by atoms with Gasteiger partial charge < -0.3 is 4.90 Å². The van der Waals surface area contributed by atoms with Crippen molar-refractivity contribution in [2.45, 2.75) is 39.5 Å². The van der Waals surface area contributed by atoms with Gasteiger partial charge in [-0.3, -0.25) is 0 Å². The molecule has 0 saturated carbocycles. The first kappa shape index (κ1) is 12.3. The van der Waals surface area contributed by atoms with Crippen molar-refractivity contribution in [3.63, 3.8) is 0 Å². The second-order valence-corrected chi connectivity index (χ2v) is 4.50. The van der Waals surface area contributed by atoms with E-state index in [0.29, 0.717) is 12.0 Å². The fourth-order valence-corrected chi connectivity index (χ4v) is 2.44. The molecule has 0 aliphatic carbocycles. The molecule has 1 fully saturated rings. The normalized spacial score (nSPS) is 20.9. The first-order valence-corrected chi connectivity index (χ1v) is 5.99. The molecule has 15 heavy (non-hydrogen) atoms. The predicted molar refractivity (Wildman–Crippen MR) is 62.7 cm³/mol. The molecule has 0 atom stereocenters. The Morgan fingerprint density at radius 3 is 2.33 bits per heavy atom. The van der Waals surface area contributed by atoms with Crippen LogP contribution in [0.4, 0.5) is 0 Å². The zero-order valence-corrected chi connectivity index (χ0v) is 9.95. The van der Waals surface area contributed by atoms with Crippen LogP contribution in [0.1, 0.15) is 39.5 Å². The SMILES string of the molecule is CCC1(CC)CCN(CCN=[N+]=[N-])CC1. The number of rotatable bonds is 5. The second kappa shape index (κ2) is 5.99. The maximum absolute atomic E-state index is 8.19. The fourth-order valence-electron chi connectivity index (χ4n) is 2.44. The van der Waals surface area contributed by atoms with E-state index in [-0.39, 0.29) is 0 Å². The van der Waals surface area contributed by atoms with Gasteiger partial charge in [0.2, 0.25) is 0 Å². The van der Waals surface area contributed by atoms with Crippen molar-refractivity contribution in [1.29, 1.82) is 0 Å². The van der Waals surface area contributed by atoms with Crippen LogP contribution in [0.3, 0.4) is 0 Å². The van der Waals surface area contributed by atoms with Gasteiger partial charge in [0.05, 0.1) is 0 Å². The Kier molecular flexibility index (Phi) is 4.92. The minimum Gasteiger partial charge on any atom is -0.303 e. The van der Waals surface area contributed by atoms with Gasteiger partial charge in [-0.05, 0) is 36.9 Å². The Bertz CT molecular complexity index is 219. The predicted octanol–water partition coefficient (Wildman–Crippen LogP) is 3.20. The van der Waals surface area contributed by atoms with Crippen LogP contribution in [-0.4, -0.2) is 31.1 Å². The molecule has 0 aromatic carbocycles. The second-order valence-electron chi connectivity index (χ2n) is 4.50. The Labute approximate surface area is 92.3 Å². The average molecular weight is 210 g/mol. The van der Waals surface area contributed by atoms with Crippen molar-refractivity contribution < 1.29 is 0 Å². The van der Waals surface area contributed by atoms with Crippen LogP contribution in [0.2, 0.25) is 0 Å². The molecule has 1 saturated heterocycles. The molecular weight excluding hydrogens is 188 g/mol. The van der Waals surface area contributed by atoms with Gasteiger partial charge in [0.25, 0.3) is 0 Å². The minimum atomic E-state index is 0.592. The Balaban J connectivity index is 2.31. The van der Waals surface area contributed by atoms with E-state index in [1.165, 1.54) is 38.8 Å². The quantitative estimate of drug-likeness (QED) is 0.390. The smallest absolute Gasteiger partial charge is 0.0385 e. The van der Waals surface area contributed by atoms with Gasteiger partial charge in [-0.1, -0.05) is 31.8 Å². The van der Waals surface area contributed by atoms with E-state index in [2.05, 4.69) is 28.8 Å². The van der Waals surface area contributed by atoms with Crippen LogP contribution in [0, 0.1) is 5.41 Å². The third-order valence-corrected chi connectivity index (χ3v) is 4.00. The van der Waals surface area contributed by atoms with E-state index >= 15 is 0 Å². The topological polar surface area (TPSA) is 52.0 Å². The highest BCUT2D eigenvalue weighted by Crippen LogP contribution is 2.37. The number of hydrogen-bond donors (Lipinski definition) is 0. The van der Waals surface area contributed by atoms with Crippen molar-refractivity contribution in [3.05, 3.63) is 10.4 Å². The van der Waals surface area contributed by atoms with Gasteiger partial charge in [0.15, 0.2) is 0 Å². The highest BCUT2D eigenvalue weighted by atomic mass is 15.2. The Morgan fingerprint density at radius 1 is 1.27 bits per heavy atom. The van der Waals surface area contributed by atoms with Gasteiger partial charge in [-0.2, -0.15) is 0 Å². The molecule has 0 aromatic heterocycles. The third kappa shape index (κ3) is 3.40. The highest BCUT2D eigenvalue weighted by Gasteiger charge is 2.30. The van der Waals surface area contributed by atoms with Gasteiger partial charge in [-0.15, -0.1) is 0 Å².